The van der Waals surface area contributed by atoms with Crippen molar-refractivity contribution in [3.63, 3.8) is 0 Å². The molecule has 2 fully saturated rings. The minimum atomic E-state index is -1.74. The van der Waals surface area contributed by atoms with Crippen molar-refractivity contribution in [1.82, 2.24) is 0 Å². The number of aliphatic hydroxyl groups is 8. The number of benzene rings is 2. The Kier molecular flexibility index (Phi) is 13.6. The number of allylic oxidation sites excluding steroid dienone is 1. The second-order valence-electron chi connectivity index (χ2n) is 13.6. The minimum absolute atomic E-state index is 0.00926. The maximum absolute atomic E-state index is 13.4. The van der Waals surface area contributed by atoms with E-state index in [4.69, 9.17) is 37.9 Å². The third kappa shape index (κ3) is 9.17. The summed E-state index contributed by atoms with van der Waals surface area (Å²) in [7, 11) is 0. The zero-order valence-electron chi connectivity index (χ0n) is 30.2. The lowest BCUT2D eigenvalue weighted by atomic mass is 9.86. The lowest BCUT2D eigenvalue weighted by Crippen LogP contribution is -2.60. The first-order valence-electron chi connectivity index (χ1n) is 18.1. The molecule has 18 nitrogen and oxygen atoms in total. The number of hydrogen-bond acceptors (Lipinski definition) is 18. The van der Waals surface area contributed by atoms with Crippen LogP contribution in [-0.2, 0) is 50.9 Å². The SMILES string of the molecule is CC=C1C(OC2OC(CO)C(O)C(O)C2O)OC=C2C(=O)OCCc3ccc(cc3)Oc3cc(ccc3OC3OC(CO)C(O)C(O)C3O)CCOC(=O)CC21. The third-order valence-corrected chi connectivity index (χ3v) is 9.94. The van der Waals surface area contributed by atoms with E-state index in [0.717, 1.165) is 11.8 Å². The van der Waals surface area contributed by atoms with Crippen LogP contribution in [0.15, 0.2) is 65.9 Å². The van der Waals surface area contributed by atoms with Gasteiger partial charge in [-0.2, -0.15) is 0 Å². The van der Waals surface area contributed by atoms with E-state index in [9.17, 15) is 50.4 Å². The molecule has 0 saturated carbocycles. The van der Waals surface area contributed by atoms with E-state index in [1.54, 1.807) is 49.4 Å². The van der Waals surface area contributed by atoms with E-state index in [2.05, 4.69) is 0 Å². The Balaban J connectivity index is 1.22. The van der Waals surface area contributed by atoms with Crippen molar-refractivity contribution in [2.45, 2.75) is 93.9 Å². The molecule has 2 aromatic rings. The van der Waals surface area contributed by atoms with Gasteiger partial charge in [-0.05, 0) is 42.3 Å². The summed E-state index contributed by atoms with van der Waals surface area (Å²) in [5.41, 5.74) is 1.68. The first-order chi connectivity index (χ1) is 26.9. The summed E-state index contributed by atoms with van der Waals surface area (Å²) < 4.78 is 45.8. The van der Waals surface area contributed by atoms with E-state index in [0.29, 0.717) is 17.7 Å². The molecule has 12 unspecified atom stereocenters. The number of hydrogen-bond donors (Lipinski definition) is 8. The lowest BCUT2D eigenvalue weighted by molar-refractivity contribution is -0.327. The fourth-order valence-electron chi connectivity index (χ4n) is 6.69. The minimum Gasteiger partial charge on any atom is -0.468 e. The molecule has 12 atom stereocenters. The van der Waals surface area contributed by atoms with Crippen LogP contribution >= 0.6 is 0 Å². The van der Waals surface area contributed by atoms with Crippen molar-refractivity contribution in [3.8, 4) is 17.2 Å². The maximum Gasteiger partial charge on any atom is 0.337 e. The van der Waals surface area contributed by atoms with Gasteiger partial charge in [0.2, 0.25) is 12.6 Å². The second-order valence-corrected chi connectivity index (χ2v) is 13.6. The molecule has 56 heavy (non-hydrogen) atoms. The molecule has 2 saturated heterocycles. The Morgan fingerprint density at radius 1 is 0.750 bits per heavy atom. The number of ether oxygens (including phenoxy) is 8. The number of rotatable bonds is 6. The van der Waals surface area contributed by atoms with Crippen LogP contribution in [0.25, 0.3) is 0 Å². The van der Waals surface area contributed by atoms with Crippen molar-refractivity contribution >= 4 is 11.9 Å². The molecule has 0 aliphatic carbocycles. The van der Waals surface area contributed by atoms with E-state index < -0.39 is 98.8 Å². The van der Waals surface area contributed by atoms with Gasteiger partial charge in [-0.3, -0.25) is 4.79 Å². The van der Waals surface area contributed by atoms with Gasteiger partial charge in [-0.1, -0.05) is 24.3 Å². The molecule has 4 bridgehead atoms. The van der Waals surface area contributed by atoms with Crippen LogP contribution in [0, 0.1) is 5.92 Å². The fourth-order valence-corrected chi connectivity index (χ4v) is 6.69. The van der Waals surface area contributed by atoms with Crippen LogP contribution in [0.3, 0.4) is 0 Å². The zero-order chi connectivity index (χ0) is 40.1. The molecule has 0 aromatic heterocycles. The molecule has 7 rings (SSSR count). The topological polar surface area (TPSA) is 270 Å². The van der Waals surface area contributed by atoms with Crippen molar-refractivity contribution in [1.29, 1.82) is 0 Å². The Bertz CT molecular complexity index is 1730. The average molecular weight is 791 g/mol. The summed E-state index contributed by atoms with van der Waals surface area (Å²) in [5.74, 6) is -1.80. The molecule has 0 radical (unpaired) electrons. The van der Waals surface area contributed by atoms with Crippen molar-refractivity contribution in [2.75, 3.05) is 26.4 Å². The van der Waals surface area contributed by atoms with Gasteiger partial charge < -0.3 is 78.7 Å². The van der Waals surface area contributed by atoms with E-state index in [1.807, 2.05) is 0 Å². The second kappa shape index (κ2) is 18.4. The zero-order valence-corrected chi connectivity index (χ0v) is 30.2. The normalized spacial score (nSPS) is 35.0. The van der Waals surface area contributed by atoms with Crippen LogP contribution in [0.4, 0.5) is 0 Å². The molecule has 5 aliphatic heterocycles. The quantitative estimate of drug-likeness (QED) is 0.127. The first kappa shape index (κ1) is 41.5. The molecule has 5 aliphatic rings. The number of aliphatic hydroxyl groups excluding tert-OH is 8. The molecular formula is C38H46O18. The summed E-state index contributed by atoms with van der Waals surface area (Å²) in [6.45, 7) is 0.127. The van der Waals surface area contributed by atoms with Crippen molar-refractivity contribution in [3.05, 3.63) is 77.1 Å². The smallest absolute Gasteiger partial charge is 0.337 e. The van der Waals surface area contributed by atoms with Gasteiger partial charge in [0.15, 0.2) is 17.8 Å². The Morgan fingerprint density at radius 2 is 1.36 bits per heavy atom. The highest BCUT2D eigenvalue weighted by Crippen LogP contribution is 2.38. The van der Waals surface area contributed by atoms with Gasteiger partial charge in [0.1, 0.15) is 54.6 Å². The van der Waals surface area contributed by atoms with Crippen LogP contribution in [0.5, 0.6) is 17.2 Å². The average Bonchev–Trinajstić information content (AvgIpc) is 3.19. The number of esters is 2. The summed E-state index contributed by atoms with van der Waals surface area (Å²) in [5, 5.41) is 81.2. The predicted octanol–water partition coefficient (Wildman–Crippen LogP) is -1.15. The maximum atomic E-state index is 13.4. The standard InChI is InChI=1S/C38H46O18/c1-2-21-22-14-28(41)49-11-10-19-5-8-24(53-37-33(46)31(44)29(42)26(15-39)54-37)25(13-19)52-20-6-3-18(4-7-20)9-12-50-35(48)23(22)17-51-36(21)56-38-34(47)32(45)30(43)27(16-40)55-38/h2-8,13,17,22,26-27,29-34,36-40,42-47H,9-12,14-16H2,1H3. The van der Waals surface area contributed by atoms with Crippen molar-refractivity contribution in [2.24, 2.45) is 5.92 Å². The van der Waals surface area contributed by atoms with Gasteiger partial charge in [0.25, 0.3) is 0 Å². The summed E-state index contributed by atoms with van der Waals surface area (Å²) in [6, 6.07) is 11.7. The van der Waals surface area contributed by atoms with Crippen LogP contribution in [0.2, 0.25) is 0 Å². The van der Waals surface area contributed by atoms with Gasteiger partial charge in [-0.25, -0.2) is 4.79 Å². The molecule has 0 amide bonds. The van der Waals surface area contributed by atoms with Crippen LogP contribution in [-0.4, -0.2) is 147 Å². The summed E-state index contributed by atoms with van der Waals surface area (Å²) >= 11 is 0. The van der Waals surface area contributed by atoms with Crippen LogP contribution < -0.4 is 9.47 Å². The monoisotopic (exact) mass is 790 g/mol. The van der Waals surface area contributed by atoms with Crippen LogP contribution in [0.1, 0.15) is 24.5 Å². The van der Waals surface area contributed by atoms with Gasteiger partial charge in [0.05, 0.1) is 44.7 Å². The molecule has 2 aromatic carbocycles. The number of carbonyl (C=O) groups is 2. The summed E-state index contributed by atoms with van der Waals surface area (Å²) in [6.07, 6.45) is -14.0. The molecule has 0 spiro atoms. The highest BCUT2D eigenvalue weighted by molar-refractivity contribution is 5.91. The van der Waals surface area contributed by atoms with Gasteiger partial charge in [0, 0.05) is 24.3 Å². The molecule has 18 heteroatoms. The fraction of sp³-hybridized carbons (Fsp3) is 0.526. The van der Waals surface area contributed by atoms with E-state index >= 15 is 0 Å². The van der Waals surface area contributed by atoms with E-state index in [1.165, 1.54) is 6.07 Å². The first-order valence-corrected chi connectivity index (χ1v) is 18.1. The van der Waals surface area contributed by atoms with Gasteiger partial charge >= 0.3 is 11.9 Å². The largest absolute Gasteiger partial charge is 0.468 e. The Morgan fingerprint density at radius 3 is 2.02 bits per heavy atom. The summed E-state index contributed by atoms with van der Waals surface area (Å²) in [4.78, 5) is 26.8. The predicted molar refractivity (Wildman–Crippen MR) is 186 cm³/mol. The molecule has 306 valence electrons. The highest BCUT2D eigenvalue weighted by Gasteiger charge is 2.47. The highest BCUT2D eigenvalue weighted by atomic mass is 16.8. The van der Waals surface area contributed by atoms with Crippen molar-refractivity contribution < 1.29 is 88.3 Å². The molecule has 8 N–H and O–H groups in total. The molecule has 5 heterocycles. The van der Waals surface area contributed by atoms with E-state index in [-0.39, 0.29) is 48.7 Å². The molecular weight excluding hydrogens is 744 g/mol. The third-order valence-electron chi connectivity index (χ3n) is 9.94. The number of fused-ring (bicyclic) bond motifs is 9. The number of carbonyl (C=O) groups excluding carboxylic acids is 2. The van der Waals surface area contributed by atoms with Gasteiger partial charge in [-0.15, -0.1) is 0 Å². The Hall–Kier alpha value is -4.18. The lowest BCUT2D eigenvalue weighted by Gasteiger charge is -2.42. The Labute approximate surface area is 320 Å².